The van der Waals surface area contributed by atoms with Crippen LogP contribution in [0.25, 0.3) is 69.6 Å². The fourth-order valence-corrected chi connectivity index (χ4v) is 9.93. The van der Waals surface area contributed by atoms with Crippen molar-refractivity contribution in [1.82, 2.24) is 4.57 Å². The van der Waals surface area contributed by atoms with Crippen LogP contribution < -0.4 is 4.90 Å². The Bertz CT molecular complexity index is 3070. The Morgan fingerprint density at radius 2 is 1.10 bits per heavy atom. The van der Waals surface area contributed by atoms with Gasteiger partial charge in [-0.1, -0.05) is 117 Å². The Labute approximate surface area is 306 Å². The van der Waals surface area contributed by atoms with Gasteiger partial charge in [0.1, 0.15) is 0 Å². The topological polar surface area (TPSA) is 8.17 Å². The molecule has 2 heterocycles. The van der Waals surface area contributed by atoms with Gasteiger partial charge in [0.25, 0.3) is 0 Å². The number of hydrogen-bond donors (Lipinski definition) is 0. The van der Waals surface area contributed by atoms with Gasteiger partial charge >= 0.3 is 0 Å². The summed E-state index contributed by atoms with van der Waals surface area (Å²) in [6.07, 6.45) is 0. The molecule has 0 aliphatic heterocycles. The lowest BCUT2D eigenvalue weighted by Crippen LogP contribution is -2.15. The molecule has 3 heteroatoms. The fraction of sp³-hybridized carbons (Fsp3) is 0.0612. The van der Waals surface area contributed by atoms with E-state index in [2.05, 4.69) is 193 Å². The van der Waals surface area contributed by atoms with E-state index in [-0.39, 0.29) is 5.41 Å². The van der Waals surface area contributed by atoms with E-state index < -0.39 is 0 Å². The number of aromatic nitrogens is 1. The predicted octanol–water partition coefficient (Wildman–Crippen LogP) is 14.1. The molecule has 10 aromatic rings. The molecule has 1 aliphatic carbocycles. The van der Waals surface area contributed by atoms with Gasteiger partial charge in [0, 0.05) is 59.1 Å². The smallest absolute Gasteiger partial charge is 0.0561 e. The molecule has 0 radical (unpaired) electrons. The molecule has 0 saturated carbocycles. The largest absolute Gasteiger partial charge is 0.310 e. The molecule has 0 amide bonds. The molecule has 11 rings (SSSR count). The second-order valence-corrected chi connectivity index (χ2v) is 15.7. The molecule has 2 nitrogen and oxygen atoms in total. The van der Waals surface area contributed by atoms with Crippen LogP contribution in [0.5, 0.6) is 0 Å². The van der Waals surface area contributed by atoms with Crippen LogP contribution in [0.3, 0.4) is 0 Å². The maximum Gasteiger partial charge on any atom is 0.0561 e. The van der Waals surface area contributed by atoms with Crippen LogP contribution in [0.2, 0.25) is 0 Å². The molecule has 0 bridgehead atoms. The van der Waals surface area contributed by atoms with Crippen molar-refractivity contribution in [2.75, 3.05) is 4.90 Å². The Morgan fingerprint density at radius 3 is 2.02 bits per heavy atom. The lowest BCUT2D eigenvalue weighted by molar-refractivity contribution is 0.660. The first kappa shape index (κ1) is 29.6. The van der Waals surface area contributed by atoms with Crippen molar-refractivity contribution in [1.29, 1.82) is 0 Å². The quantitative estimate of drug-likeness (QED) is 0.179. The van der Waals surface area contributed by atoms with Crippen LogP contribution in [0.4, 0.5) is 17.1 Å². The van der Waals surface area contributed by atoms with Crippen molar-refractivity contribution in [2.45, 2.75) is 19.3 Å². The maximum atomic E-state index is 2.46. The van der Waals surface area contributed by atoms with Crippen molar-refractivity contribution >= 4 is 81.1 Å². The Morgan fingerprint density at radius 1 is 0.442 bits per heavy atom. The van der Waals surface area contributed by atoms with Crippen LogP contribution in [-0.2, 0) is 5.41 Å². The minimum absolute atomic E-state index is 0.0486. The van der Waals surface area contributed by atoms with Crippen molar-refractivity contribution in [3.8, 4) is 16.8 Å². The second kappa shape index (κ2) is 10.9. The van der Waals surface area contributed by atoms with Gasteiger partial charge in [0.15, 0.2) is 0 Å². The SMILES string of the molecule is CC1(C)c2ccccc2-c2cc(N(c3ccc4ccccc4c3)c3ccc4c5ccccc5n(-c5ccc6sc7ccccc7c6c5)c4c3)ccc21. The highest BCUT2D eigenvalue weighted by Crippen LogP contribution is 2.51. The molecule has 0 atom stereocenters. The van der Waals surface area contributed by atoms with Gasteiger partial charge in [-0.3, -0.25) is 0 Å². The summed E-state index contributed by atoms with van der Waals surface area (Å²) in [6.45, 7) is 4.70. The zero-order valence-electron chi connectivity index (χ0n) is 29.0. The summed E-state index contributed by atoms with van der Waals surface area (Å²) in [5.74, 6) is 0. The number of nitrogens with zero attached hydrogens (tertiary/aromatic N) is 2. The summed E-state index contributed by atoms with van der Waals surface area (Å²) >= 11 is 1.87. The number of rotatable bonds is 4. The van der Waals surface area contributed by atoms with Gasteiger partial charge in [-0.05, 0) is 99.8 Å². The molecule has 2 aromatic heterocycles. The number of benzene rings is 8. The third-order valence-corrected chi connectivity index (χ3v) is 12.5. The number of para-hydroxylation sites is 1. The number of fused-ring (bicyclic) bond motifs is 10. The molecule has 0 unspecified atom stereocenters. The lowest BCUT2D eigenvalue weighted by Gasteiger charge is -2.27. The van der Waals surface area contributed by atoms with Gasteiger partial charge in [0.05, 0.1) is 11.0 Å². The summed E-state index contributed by atoms with van der Waals surface area (Å²) in [6, 6.07) is 63.0. The molecule has 0 fully saturated rings. The van der Waals surface area contributed by atoms with Gasteiger partial charge < -0.3 is 9.47 Å². The molecular weight excluding hydrogens is 649 g/mol. The second-order valence-electron chi connectivity index (χ2n) is 14.6. The van der Waals surface area contributed by atoms with Crippen molar-refractivity contribution < 1.29 is 0 Å². The fourth-order valence-electron chi connectivity index (χ4n) is 8.84. The average molecular weight is 683 g/mol. The van der Waals surface area contributed by atoms with Crippen molar-refractivity contribution in [3.05, 3.63) is 181 Å². The molecule has 8 aromatic carbocycles. The van der Waals surface area contributed by atoms with Crippen LogP contribution in [0, 0.1) is 0 Å². The summed E-state index contributed by atoms with van der Waals surface area (Å²) in [5.41, 5.74) is 12.3. The van der Waals surface area contributed by atoms with Crippen LogP contribution in [-0.4, -0.2) is 4.57 Å². The number of anilines is 3. The third-order valence-electron chi connectivity index (χ3n) is 11.4. The Balaban J connectivity index is 1.17. The van der Waals surface area contributed by atoms with E-state index in [9.17, 15) is 0 Å². The number of thiophene rings is 1. The van der Waals surface area contributed by atoms with E-state index in [0.717, 1.165) is 17.1 Å². The minimum atomic E-state index is -0.0486. The lowest BCUT2D eigenvalue weighted by atomic mass is 9.82. The van der Waals surface area contributed by atoms with E-state index >= 15 is 0 Å². The predicted molar refractivity (Wildman–Crippen MR) is 223 cm³/mol. The standard InChI is InChI=1S/C49H34N2S/c1-49(2)43-16-8-5-13-37(43)41-28-34(22-25-44(41)49)50(33-20-19-31-11-3-4-12-32(31)27-33)36-21-24-39-38-14-6-9-17-45(38)51(46(39)30-36)35-23-26-48-42(29-35)40-15-7-10-18-47(40)52-48/h3-30H,1-2H3. The van der Waals surface area contributed by atoms with Crippen molar-refractivity contribution in [2.24, 2.45) is 0 Å². The molecule has 1 aliphatic rings. The summed E-state index contributed by atoms with van der Waals surface area (Å²) in [4.78, 5) is 2.44. The van der Waals surface area contributed by atoms with Gasteiger partial charge in [-0.25, -0.2) is 0 Å². The van der Waals surface area contributed by atoms with E-state index in [1.807, 2.05) is 11.3 Å². The molecule has 0 saturated heterocycles. The summed E-state index contributed by atoms with van der Waals surface area (Å²) < 4.78 is 5.10. The van der Waals surface area contributed by atoms with Crippen LogP contribution >= 0.6 is 11.3 Å². The first-order chi connectivity index (χ1) is 25.5. The summed E-state index contributed by atoms with van der Waals surface area (Å²) in [7, 11) is 0. The third kappa shape index (κ3) is 4.23. The number of hydrogen-bond acceptors (Lipinski definition) is 2. The zero-order valence-corrected chi connectivity index (χ0v) is 29.8. The van der Waals surface area contributed by atoms with Gasteiger partial charge in [-0.15, -0.1) is 11.3 Å². The Kier molecular flexibility index (Phi) is 6.21. The van der Waals surface area contributed by atoms with Gasteiger partial charge in [0.2, 0.25) is 0 Å². The van der Waals surface area contributed by atoms with Gasteiger partial charge in [-0.2, -0.15) is 0 Å². The average Bonchev–Trinajstić information content (AvgIpc) is 3.80. The first-order valence-electron chi connectivity index (χ1n) is 18.0. The normalized spacial score (nSPS) is 13.3. The van der Waals surface area contributed by atoms with E-state index in [1.165, 1.54) is 80.7 Å². The van der Waals surface area contributed by atoms with Crippen LogP contribution in [0.15, 0.2) is 170 Å². The maximum absolute atomic E-state index is 2.46. The van der Waals surface area contributed by atoms with Crippen molar-refractivity contribution in [3.63, 3.8) is 0 Å². The molecule has 0 N–H and O–H groups in total. The molecular formula is C49H34N2S. The van der Waals surface area contributed by atoms with E-state index in [1.54, 1.807) is 0 Å². The Hall–Kier alpha value is -6.16. The first-order valence-corrected chi connectivity index (χ1v) is 18.8. The van der Waals surface area contributed by atoms with E-state index in [4.69, 9.17) is 0 Å². The summed E-state index contributed by atoms with van der Waals surface area (Å²) in [5, 5.41) is 7.59. The highest BCUT2D eigenvalue weighted by molar-refractivity contribution is 7.25. The molecule has 246 valence electrons. The monoisotopic (exact) mass is 682 g/mol. The van der Waals surface area contributed by atoms with Crippen LogP contribution in [0.1, 0.15) is 25.0 Å². The zero-order chi connectivity index (χ0) is 34.6. The molecule has 52 heavy (non-hydrogen) atoms. The highest BCUT2D eigenvalue weighted by Gasteiger charge is 2.35. The minimum Gasteiger partial charge on any atom is -0.310 e. The highest BCUT2D eigenvalue weighted by atomic mass is 32.1. The van der Waals surface area contributed by atoms with E-state index in [0.29, 0.717) is 0 Å². The molecule has 0 spiro atoms.